The molecule has 1 amide bonds. The summed E-state index contributed by atoms with van der Waals surface area (Å²) >= 11 is 0. The van der Waals surface area contributed by atoms with Crippen molar-refractivity contribution in [2.45, 2.75) is 19.4 Å². The maximum absolute atomic E-state index is 10.9. The molecule has 2 heterocycles. The Kier molecular flexibility index (Phi) is 5.56. The van der Waals surface area contributed by atoms with E-state index in [4.69, 9.17) is 10.1 Å². The zero-order chi connectivity index (χ0) is 19.0. The molecule has 1 atom stereocenters. The minimum atomic E-state index is -1.01. The fourth-order valence-corrected chi connectivity index (χ4v) is 3.49. The van der Waals surface area contributed by atoms with E-state index >= 15 is 0 Å². The van der Waals surface area contributed by atoms with Gasteiger partial charge in [-0.1, -0.05) is 18.2 Å². The number of phenolic OH excluding ortho intramolecular Hbond substituents is 1. The van der Waals surface area contributed by atoms with Gasteiger partial charge in [-0.2, -0.15) is 0 Å². The van der Waals surface area contributed by atoms with E-state index in [0.29, 0.717) is 24.5 Å². The molecule has 3 N–H and O–H groups in total. The van der Waals surface area contributed by atoms with Crippen LogP contribution < -0.4 is 10.2 Å². The smallest absolute Gasteiger partial charge is 0.404 e. The van der Waals surface area contributed by atoms with Crippen molar-refractivity contribution in [1.82, 2.24) is 15.3 Å². The predicted molar refractivity (Wildman–Crippen MR) is 110 cm³/mol. The predicted octanol–water partition coefficient (Wildman–Crippen LogP) is 3.58. The van der Waals surface area contributed by atoms with Crippen molar-refractivity contribution in [2.75, 3.05) is 18.0 Å². The van der Waals surface area contributed by atoms with Gasteiger partial charge in [0.15, 0.2) is 5.82 Å². The molecule has 1 saturated heterocycles. The van der Waals surface area contributed by atoms with Crippen LogP contribution in [0.5, 0.6) is 5.75 Å². The Morgan fingerprint density at radius 2 is 2.00 bits per heavy atom. The molecule has 1 fully saturated rings. The lowest BCUT2D eigenvalue weighted by Gasteiger charge is -2.20. The molecule has 2 aromatic carbocycles. The summed E-state index contributed by atoms with van der Waals surface area (Å²) in [4.78, 5) is 22.4. The molecule has 0 bridgehead atoms. The lowest BCUT2D eigenvalue weighted by atomic mass is 10.1. The van der Waals surface area contributed by atoms with E-state index in [2.05, 4.69) is 15.2 Å². The first-order valence-corrected chi connectivity index (χ1v) is 8.82. The molecule has 0 aliphatic carbocycles. The Morgan fingerprint density at radius 3 is 2.75 bits per heavy atom. The number of fused-ring (bicyclic) bond motifs is 1. The number of hydrogen-bond donors (Lipinski definition) is 3. The summed E-state index contributed by atoms with van der Waals surface area (Å²) in [6.07, 6.45) is -0.296. The molecule has 28 heavy (non-hydrogen) atoms. The van der Waals surface area contributed by atoms with E-state index in [1.165, 1.54) is 0 Å². The molecule has 1 aliphatic rings. The van der Waals surface area contributed by atoms with Gasteiger partial charge in [-0.15, -0.1) is 12.4 Å². The van der Waals surface area contributed by atoms with Crippen LogP contribution >= 0.6 is 12.4 Å². The first-order valence-electron chi connectivity index (χ1n) is 8.82. The number of rotatable bonds is 3. The van der Waals surface area contributed by atoms with Crippen LogP contribution in [0, 0.1) is 6.92 Å². The van der Waals surface area contributed by atoms with Crippen molar-refractivity contribution in [3.8, 4) is 17.1 Å². The number of aryl methyl sites for hydroxylation is 1. The maximum atomic E-state index is 10.9. The highest BCUT2D eigenvalue weighted by Gasteiger charge is 2.27. The third-order valence-corrected chi connectivity index (χ3v) is 4.79. The average molecular weight is 401 g/mol. The highest BCUT2D eigenvalue weighted by atomic mass is 35.5. The lowest BCUT2D eigenvalue weighted by Crippen LogP contribution is -2.36. The summed E-state index contributed by atoms with van der Waals surface area (Å²) in [6, 6.07) is 12.9. The summed E-state index contributed by atoms with van der Waals surface area (Å²) in [5.74, 6) is 1.34. The molecule has 4 rings (SSSR count). The van der Waals surface area contributed by atoms with Gasteiger partial charge in [0, 0.05) is 18.5 Å². The van der Waals surface area contributed by atoms with Crippen LogP contribution in [0.1, 0.15) is 12.0 Å². The second-order valence-electron chi connectivity index (χ2n) is 6.79. The van der Waals surface area contributed by atoms with E-state index in [1.807, 2.05) is 31.2 Å². The summed E-state index contributed by atoms with van der Waals surface area (Å²) in [6.45, 7) is 3.25. The number of carboxylic acid groups (broad SMARTS) is 1. The lowest BCUT2D eigenvalue weighted by molar-refractivity contribution is 0.191. The van der Waals surface area contributed by atoms with Crippen LogP contribution in [-0.2, 0) is 0 Å². The van der Waals surface area contributed by atoms with Crippen molar-refractivity contribution in [2.24, 2.45) is 0 Å². The fraction of sp³-hybridized carbons (Fsp3) is 0.250. The number of anilines is 1. The van der Waals surface area contributed by atoms with Crippen molar-refractivity contribution in [1.29, 1.82) is 0 Å². The van der Waals surface area contributed by atoms with Crippen LogP contribution in [0.15, 0.2) is 42.5 Å². The fourth-order valence-electron chi connectivity index (χ4n) is 3.49. The van der Waals surface area contributed by atoms with Gasteiger partial charge in [-0.05, 0) is 43.2 Å². The van der Waals surface area contributed by atoms with Crippen LogP contribution in [0.2, 0.25) is 0 Å². The van der Waals surface area contributed by atoms with Crippen LogP contribution in [0.4, 0.5) is 10.6 Å². The molecule has 7 nitrogen and oxygen atoms in total. The minimum absolute atomic E-state index is 0. The summed E-state index contributed by atoms with van der Waals surface area (Å²) in [5, 5.41) is 22.7. The Hall–Kier alpha value is -3.06. The SMILES string of the molecule is Cc1ccc2c(N3CC[C@@H](NC(=O)O)C3)nc(-c3ccccc3O)nc2c1.Cl. The topological polar surface area (TPSA) is 98.6 Å². The zero-order valence-corrected chi connectivity index (χ0v) is 16.1. The Labute approximate surface area is 168 Å². The molecule has 0 radical (unpaired) electrons. The van der Waals surface area contributed by atoms with Gasteiger partial charge < -0.3 is 20.4 Å². The molecule has 1 aliphatic heterocycles. The molecule has 1 aromatic heterocycles. The van der Waals surface area contributed by atoms with Crippen LogP contribution in [0.3, 0.4) is 0 Å². The van der Waals surface area contributed by atoms with Gasteiger partial charge >= 0.3 is 6.09 Å². The maximum Gasteiger partial charge on any atom is 0.404 e. The highest BCUT2D eigenvalue weighted by molar-refractivity contribution is 5.92. The van der Waals surface area contributed by atoms with E-state index in [-0.39, 0.29) is 24.2 Å². The van der Waals surface area contributed by atoms with E-state index in [9.17, 15) is 9.90 Å². The summed E-state index contributed by atoms with van der Waals surface area (Å²) in [5.41, 5.74) is 2.46. The van der Waals surface area contributed by atoms with Crippen molar-refractivity contribution < 1.29 is 15.0 Å². The van der Waals surface area contributed by atoms with Crippen molar-refractivity contribution in [3.63, 3.8) is 0 Å². The Balaban J connectivity index is 0.00000225. The largest absolute Gasteiger partial charge is 0.507 e. The van der Waals surface area contributed by atoms with E-state index in [0.717, 1.165) is 28.7 Å². The number of aromatic hydroxyl groups is 1. The molecule has 8 heteroatoms. The summed E-state index contributed by atoms with van der Waals surface area (Å²) < 4.78 is 0. The average Bonchev–Trinajstić information content (AvgIpc) is 3.08. The standard InChI is InChI=1S/C20H20N4O3.ClH/c1-12-6-7-14-16(10-12)22-18(15-4-2-3-5-17(15)25)23-19(14)24-9-8-13(11-24)21-20(26)27;/h2-7,10,13,21,25H,8-9,11H2,1H3,(H,26,27);1H/t13-;/m1./s1. The first-order chi connectivity index (χ1) is 13.0. The van der Waals surface area contributed by atoms with Gasteiger partial charge in [-0.3, -0.25) is 0 Å². The van der Waals surface area contributed by atoms with Crippen molar-refractivity contribution in [3.05, 3.63) is 48.0 Å². The number of amides is 1. The Bertz CT molecular complexity index is 1030. The monoisotopic (exact) mass is 400 g/mol. The van der Waals surface area contributed by atoms with Gasteiger partial charge in [0.25, 0.3) is 0 Å². The van der Waals surface area contributed by atoms with Gasteiger partial charge in [-0.25, -0.2) is 14.8 Å². The number of halogens is 1. The highest BCUT2D eigenvalue weighted by Crippen LogP contribution is 2.33. The second kappa shape index (κ2) is 7.90. The van der Waals surface area contributed by atoms with E-state index < -0.39 is 6.09 Å². The number of para-hydroxylation sites is 1. The number of phenols is 1. The minimum Gasteiger partial charge on any atom is -0.507 e. The number of aromatic nitrogens is 2. The molecule has 146 valence electrons. The van der Waals surface area contributed by atoms with Gasteiger partial charge in [0.05, 0.1) is 17.1 Å². The number of nitrogens with zero attached hydrogens (tertiary/aromatic N) is 3. The van der Waals surface area contributed by atoms with Crippen molar-refractivity contribution >= 4 is 35.2 Å². The summed E-state index contributed by atoms with van der Waals surface area (Å²) in [7, 11) is 0. The number of benzene rings is 2. The van der Waals surface area contributed by atoms with Gasteiger partial charge in [0.2, 0.25) is 0 Å². The molecular formula is C20H21ClN4O3. The Morgan fingerprint density at radius 1 is 1.21 bits per heavy atom. The molecule has 0 spiro atoms. The zero-order valence-electron chi connectivity index (χ0n) is 15.3. The molecule has 0 unspecified atom stereocenters. The third-order valence-electron chi connectivity index (χ3n) is 4.79. The van der Waals surface area contributed by atoms with Crippen LogP contribution in [0.25, 0.3) is 22.3 Å². The quantitative estimate of drug-likeness (QED) is 0.621. The number of nitrogens with one attached hydrogen (secondary N) is 1. The second-order valence-corrected chi connectivity index (χ2v) is 6.79. The molecular weight excluding hydrogens is 380 g/mol. The molecule has 0 saturated carbocycles. The first kappa shape index (κ1) is 19.7. The van der Waals surface area contributed by atoms with Crippen LogP contribution in [-0.4, -0.2) is 45.4 Å². The normalized spacial score (nSPS) is 16.0. The number of carbonyl (C=O) groups is 1. The molecule has 3 aromatic rings. The number of hydrogen-bond acceptors (Lipinski definition) is 5. The van der Waals surface area contributed by atoms with E-state index in [1.54, 1.807) is 18.2 Å². The van der Waals surface area contributed by atoms with Gasteiger partial charge in [0.1, 0.15) is 11.6 Å². The third kappa shape index (κ3) is 3.80.